The number of nitro benzene ring substituents is 1. The Morgan fingerprint density at radius 1 is 1.45 bits per heavy atom. The van der Waals surface area contributed by atoms with Crippen LogP contribution in [0.1, 0.15) is 27.7 Å². The zero-order valence-electron chi connectivity index (χ0n) is 12.3. The fraction of sp³-hybridized carbons (Fsp3) is 0.571. The first-order chi connectivity index (χ1) is 9.10. The molecule has 0 aliphatic rings. The van der Waals surface area contributed by atoms with Gasteiger partial charge in [0.15, 0.2) is 0 Å². The Balaban J connectivity index is 3.22. The fourth-order valence-electron chi connectivity index (χ4n) is 2.07. The predicted octanol–water partition coefficient (Wildman–Crippen LogP) is 3.59. The molecule has 0 aliphatic heterocycles. The van der Waals surface area contributed by atoms with E-state index in [4.69, 9.17) is 0 Å². The van der Waals surface area contributed by atoms with Gasteiger partial charge in [-0.1, -0.05) is 29.8 Å². The molecule has 5 nitrogen and oxygen atoms in total. The van der Waals surface area contributed by atoms with Crippen molar-refractivity contribution in [1.82, 2.24) is 0 Å². The van der Waals surface area contributed by atoms with Crippen LogP contribution in [0.5, 0.6) is 0 Å². The summed E-state index contributed by atoms with van der Waals surface area (Å²) in [6.07, 6.45) is 0. The van der Waals surface area contributed by atoms with Crippen LogP contribution < -0.4 is 4.90 Å². The molecule has 112 valence electrons. The summed E-state index contributed by atoms with van der Waals surface area (Å²) in [5, 5.41) is 21.3. The molecule has 0 amide bonds. The second-order valence-electron chi connectivity index (χ2n) is 5.98. The van der Waals surface area contributed by atoms with Crippen molar-refractivity contribution in [3.8, 4) is 0 Å². The standard InChI is InChI=1S/C14H21BrN2O3/c1-10(2)8-16(9-14(3,4)18)12-6-5-11(15)7-13(12)17(19)20/h5-7,10,18H,8-9H2,1-4H3. The Morgan fingerprint density at radius 3 is 2.50 bits per heavy atom. The van der Waals surface area contributed by atoms with Crippen LogP contribution in [0.3, 0.4) is 0 Å². The quantitative estimate of drug-likeness (QED) is 0.632. The zero-order chi connectivity index (χ0) is 15.5. The van der Waals surface area contributed by atoms with Gasteiger partial charge in [0.25, 0.3) is 5.69 Å². The first kappa shape index (κ1) is 16.9. The molecule has 0 spiro atoms. The highest BCUT2D eigenvalue weighted by molar-refractivity contribution is 9.10. The van der Waals surface area contributed by atoms with E-state index in [1.807, 2.05) is 18.7 Å². The minimum atomic E-state index is -0.921. The van der Waals surface area contributed by atoms with E-state index in [1.54, 1.807) is 26.0 Å². The van der Waals surface area contributed by atoms with Crippen molar-refractivity contribution in [3.05, 3.63) is 32.8 Å². The van der Waals surface area contributed by atoms with Gasteiger partial charge in [-0.05, 0) is 31.9 Å². The molecular weight excluding hydrogens is 324 g/mol. The summed E-state index contributed by atoms with van der Waals surface area (Å²) in [6.45, 7) is 8.47. The van der Waals surface area contributed by atoms with Crippen LogP contribution >= 0.6 is 15.9 Å². The highest BCUT2D eigenvalue weighted by Gasteiger charge is 2.25. The number of hydrogen-bond donors (Lipinski definition) is 1. The summed E-state index contributed by atoms with van der Waals surface area (Å²) in [5.74, 6) is 0.334. The van der Waals surface area contributed by atoms with E-state index in [9.17, 15) is 15.2 Å². The van der Waals surface area contributed by atoms with Gasteiger partial charge >= 0.3 is 0 Å². The normalized spacial score (nSPS) is 11.8. The molecule has 1 N–H and O–H groups in total. The molecule has 0 aliphatic carbocycles. The van der Waals surface area contributed by atoms with Crippen molar-refractivity contribution in [3.63, 3.8) is 0 Å². The Morgan fingerprint density at radius 2 is 2.05 bits per heavy atom. The minimum Gasteiger partial charge on any atom is -0.389 e. The molecule has 1 aromatic rings. The van der Waals surface area contributed by atoms with Crippen LogP contribution in [0.15, 0.2) is 22.7 Å². The summed E-state index contributed by atoms with van der Waals surface area (Å²) in [4.78, 5) is 12.7. The SMILES string of the molecule is CC(C)CN(CC(C)(C)O)c1ccc(Br)cc1[N+](=O)[O-]. The van der Waals surface area contributed by atoms with Gasteiger partial charge in [-0.25, -0.2) is 0 Å². The predicted molar refractivity (Wildman–Crippen MR) is 84.1 cm³/mol. The molecule has 6 heteroatoms. The molecule has 0 heterocycles. The topological polar surface area (TPSA) is 66.6 Å². The molecule has 0 saturated heterocycles. The molecule has 1 rings (SSSR count). The molecule has 1 aromatic carbocycles. The first-order valence-corrected chi connectivity index (χ1v) is 7.30. The number of aliphatic hydroxyl groups is 1. The van der Waals surface area contributed by atoms with Crippen molar-refractivity contribution in [2.75, 3.05) is 18.0 Å². The third kappa shape index (κ3) is 5.09. The third-order valence-corrected chi connectivity index (χ3v) is 3.13. The summed E-state index contributed by atoms with van der Waals surface area (Å²) in [7, 11) is 0. The molecule has 20 heavy (non-hydrogen) atoms. The third-order valence-electron chi connectivity index (χ3n) is 2.64. The Bertz CT molecular complexity index is 484. The summed E-state index contributed by atoms with van der Waals surface area (Å²) in [5.41, 5.74) is -0.339. The number of nitro groups is 1. The van der Waals surface area contributed by atoms with Gasteiger partial charge in [-0.15, -0.1) is 0 Å². The number of anilines is 1. The second kappa shape index (κ2) is 6.54. The molecule has 0 radical (unpaired) electrons. The van der Waals surface area contributed by atoms with Crippen LogP contribution in [0, 0.1) is 16.0 Å². The van der Waals surface area contributed by atoms with E-state index in [0.717, 1.165) is 0 Å². The smallest absolute Gasteiger partial charge is 0.293 e. The Labute approximate surface area is 127 Å². The minimum absolute atomic E-state index is 0.0456. The molecule has 0 unspecified atom stereocenters. The number of nitrogens with zero attached hydrogens (tertiary/aromatic N) is 2. The van der Waals surface area contributed by atoms with E-state index in [2.05, 4.69) is 15.9 Å². The summed E-state index contributed by atoms with van der Waals surface area (Å²) < 4.78 is 0.667. The van der Waals surface area contributed by atoms with E-state index in [0.29, 0.717) is 29.2 Å². The lowest BCUT2D eigenvalue weighted by molar-refractivity contribution is -0.384. The lowest BCUT2D eigenvalue weighted by atomic mass is 10.1. The lowest BCUT2D eigenvalue weighted by Crippen LogP contribution is -2.40. The Hall–Kier alpha value is -1.14. The van der Waals surface area contributed by atoms with E-state index in [-0.39, 0.29) is 5.69 Å². The molecule has 0 atom stereocenters. The van der Waals surface area contributed by atoms with Crippen LogP contribution in [-0.2, 0) is 0 Å². The van der Waals surface area contributed by atoms with E-state index < -0.39 is 10.5 Å². The highest BCUT2D eigenvalue weighted by atomic mass is 79.9. The van der Waals surface area contributed by atoms with Crippen molar-refractivity contribution in [2.45, 2.75) is 33.3 Å². The molecule has 0 aromatic heterocycles. The van der Waals surface area contributed by atoms with Gasteiger partial charge in [-0.3, -0.25) is 10.1 Å². The van der Waals surface area contributed by atoms with E-state index >= 15 is 0 Å². The number of hydrogen-bond acceptors (Lipinski definition) is 4. The summed E-state index contributed by atoms with van der Waals surface area (Å²) in [6, 6.07) is 4.99. The molecule has 0 saturated carbocycles. The van der Waals surface area contributed by atoms with Crippen molar-refractivity contribution in [2.24, 2.45) is 5.92 Å². The maximum Gasteiger partial charge on any atom is 0.293 e. The van der Waals surface area contributed by atoms with Gasteiger partial charge in [0.2, 0.25) is 0 Å². The largest absolute Gasteiger partial charge is 0.389 e. The van der Waals surface area contributed by atoms with Gasteiger partial charge in [0.1, 0.15) is 5.69 Å². The van der Waals surface area contributed by atoms with Gasteiger partial charge < -0.3 is 10.0 Å². The molecule has 0 fully saturated rings. The second-order valence-corrected chi connectivity index (χ2v) is 6.89. The van der Waals surface area contributed by atoms with Crippen LogP contribution in [0.4, 0.5) is 11.4 Å². The number of rotatable bonds is 6. The average Bonchev–Trinajstić information content (AvgIpc) is 2.25. The monoisotopic (exact) mass is 344 g/mol. The lowest BCUT2D eigenvalue weighted by Gasteiger charge is -2.32. The van der Waals surface area contributed by atoms with Gasteiger partial charge in [-0.2, -0.15) is 0 Å². The average molecular weight is 345 g/mol. The van der Waals surface area contributed by atoms with Crippen molar-refractivity contribution >= 4 is 27.3 Å². The zero-order valence-corrected chi connectivity index (χ0v) is 13.8. The number of benzene rings is 1. The van der Waals surface area contributed by atoms with E-state index in [1.165, 1.54) is 6.07 Å². The van der Waals surface area contributed by atoms with Crippen molar-refractivity contribution < 1.29 is 10.0 Å². The fourth-order valence-corrected chi connectivity index (χ4v) is 2.42. The highest BCUT2D eigenvalue weighted by Crippen LogP contribution is 2.32. The summed E-state index contributed by atoms with van der Waals surface area (Å²) >= 11 is 3.25. The van der Waals surface area contributed by atoms with Crippen LogP contribution in [-0.4, -0.2) is 28.7 Å². The van der Waals surface area contributed by atoms with Crippen LogP contribution in [0.25, 0.3) is 0 Å². The first-order valence-electron chi connectivity index (χ1n) is 6.51. The molecule has 0 bridgehead atoms. The van der Waals surface area contributed by atoms with Crippen LogP contribution in [0.2, 0.25) is 0 Å². The maximum atomic E-state index is 11.2. The number of halogens is 1. The Kier molecular flexibility index (Phi) is 5.53. The van der Waals surface area contributed by atoms with Gasteiger partial charge in [0, 0.05) is 23.6 Å². The van der Waals surface area contributed by atoms with Crippen molar-refractivity contribution in [1.29, 1.82) is 0 Å². The molecular formula is C14H21BrN2O3. The maximum absolute atomic E-state index is 11.2. The van der Waals surface area contributed by atoms with Gasteiger partial charge in [0.05, 0.1) is 10.5 Å².